The van der Waals surface area contributed by atoms with Gasteiger partial charge in [-0.2, -0.15) is 13.2 Å². The minimum Gasteiger partial charge on any atom is -0.394 e. The van der Waals surface area contributed by atoms with Gasteiger partial charge in [-0.3, -0.25) is 0 Å². The van der Waals surface area contributed by atoms with Crippen LogP contribution in [0, 0.1) is 0 Å². The van der Waals surface area contributed by atoms with Gasteiger partial charge in [0.25, 0.3) is 0 Å². The topological polar surface area (TPSA) is 29.5 Å². The molecule has 0 bridgehead atoms. The lowest BCUT2D eigenvalue weighted by Crippen LogP contribution is -2.05. The van der Waals surface area contributed by atoms with Crippen LogP contribution in [0.3, 0.4) is 0 Å². The molecule has 0 amide bonds. The van der Waals surface area contributed by atoms with Crippen molar-refractivity contribution in [2.45, 2.75) is 6.18 Å². The highest BCUT2D eigenvalue weighted by molar-refractivity contribution is 5.80. The molecule has 2 aromatic rings. The van der Waals surface area contributed by atoms with E-state index in [0.29, 0.717) is 11.1 Å². The van der Waals surface area contributed by atoms with Crippen LogP contribution >= 0.6 is 0 Å². The van der Waals surface area contributed by atoms with Crippen LogP contribution in [-0.4, -0.2) is 24.9 Å². The molecule has 2 nitrogen and oxygen atoms in total. The number of rotatable bonds is 6. The molecule has 0 aliphatic heterocycles. The molecule has 5 heteroatoms. The van der Waals surface area contributed by atoms with Crippen LogP contribution in [-0.2, 0) is 10.9 Å². The number of aliphatic hydroxyl groups excluding tert-OH is 1. The normalized spacial score (nSPS) is 12.4. The first kappa shape index (κ1) is 17.2. The molecule has 0 unspecified atom stereocenters. The van der Waals surface area contributed by atoms with E-state index in [0.717, 1.165) is 17.7 Å². The van der Waals surface area contributed by atoms with Crippen molar-refractivity contribution in [1.29, 1.82) is 0 Å². The van der Waals surface area contributed by atoms with Crippen molar-refractivity contribution in [2.24, 2.45) is 0 Å². The fourth-order valence-corrected chi connectivity index (χ4v) is 2.17. The molecule has 0 saturated heterocycles. The van der Waals surface area contributed by atoms with Gasteiger partial charge in [-0.1, -0.05) is 48.5 Å². The van der Waals surface area contributed by atoms with E-state index in [2.05, 4.69) is 0 Å². The van der Waals surface area contributed by atoms with E-state index in [-0.39, 0.29) is 19.8 Å². The second-order valence-electron chi connectivity index (χ2n) is 4.86. The predicted octanol–water partition coefficient (Wildman–Crippen LogP) is 4.15. The Bertz CT molecular complexity index is 649. The summed E-state index contributed by atoms with van der Waals surface area (Å²) in [5.41, 5.74) is 1.25. The van der Waals surface area contributed by atoms with E-state index in [1.807, 2.05) is 30.3 Å². The number of aliphatic hydroxyl groups is 1. The average Bonchev–Trinajstić information content (AvgIpc) is 2.55. The molecular formula is C18H17F3O2. The SMILES string of the molecule is OCCOC/C=C(\c1ccccc1)c1cccc(C(F)(F)F)c1. The molecule has 0 fully saturated rings. The van der Waals surface area contributed by atoms with E-state index in [9.17, 15) is 13.2 Å². The molecule has 0 aromatic heterocycles. The van der Waals surface area contributed by atoms with Crippen molar-refractivity contribution in [3.8, 4) is 0 Å². The molecule has 0 aliphatic carbocycles. The van der Waals surface area contributed by atoms with Gasteiger partial charge in [0.05, 0.1) is 25.4 Å². The summed E-state index contributed by atoms with van der Waals surface area (Å²) in [6.07, 6.45) is -2.66. The third kappa shape index (κ3) is 4.94. The quantitative estimate of drug-likeness (QED) is 0.810. The van der Waals surface area contributed by atoms with Crippen molar-refractivity contribution in [1.82, 2.24) is 0 Å². The monoisotopic (exact) mass is 322 g/mol. The Morgan fingerprint density at radius 2 is 1.70 bits per heavy atom. The highest BCUT2D eigenvalue weighted by Crippen LogP contribution is 2.32. The van der Waals surface area contributed by atoms with Crippen molar-refractivity contribution in [2.75, 3.05) is 19.8 Å². The maximum Gasteiger partial charge on any atom is 0.416 e. The lowest BCUT2D eigenvalue weighted by atomic mass is 9.96. The minimum absolute atomic E-state index is 0.0991. The Kier molecular flexibility index (Phi) is 5.96. The van der Waals surface area contributed by atoms with Crippen LogP contribution in [0.25, 0.3) is 5.57 Å². The first-order valence-corrected chi connectivity index (χ1v) is 7.14. The third-order valence-corrected chi connectivity index (χ3v) is 3.23. The summed E-state index contributed by atoms with van der Waals surface area (Å²) in [4.78, 5) is 0. The van der Waals surface area contributed by atoms with E-state index in [1.54, 1.807) is 12.1 Å². The smallest absolute Gasteiger partial charge is 0.394 e. The molecule has 0 aliphatic rings. The van der Waals surface area contributed by atoms with Gasteiger partial charge in [0.1, 0.15) is 0 Å². The summed E-state index contributed by atoms with van der Waals surface area (Å²) in [6, 6.07) is 14.4. The fourth-order valence-electron chi connectivity index (χ4n) is 2.17. The minimum atomic E-state index is -4.38. The van der Waals surface area contributed by atoms with Crippen LogP contribution in [0.1, 0.15) is 16.7 Å². The summed E-state index contributed by atoms with van der Waals surface area (Å²) < 4.78 is 43.9. The zero-order chi connectivity index (χ0) is 16.7. The van der Waals surface area contributed by atoms with Crippen LogP contribution in [0.5, 0.6) is 0 Å². The zero-order valence-electron chi connectivity index (χ0n) is 12.4. The van der Waals surface area contributed by atoms with Crippen molar-refractivity contribution in [3.05, 3.63) is 77.4 Å². The van der Waals surface area contributed by atoms with E-state index in [4.69, 9.17) is 9.84 Å². The molecule has 0 saturated carbocycles. The van der Waals surface area contributed by atoms with Crippen LogP contribution in [0.15, 0.2) is 60.7 Å². The highest BCUT2D eigenvalue weighted by Gasteiger charge is 2.30. The second-order valence-corrected chi connectivity index (χ2v) is 4.86. The summed E-state index contributed by atoms with van der Waals surface area (Å²) in [6.45, 7) is 0.292. The van der Waals surface area contributed by atoms with Gasteiger partial charge < -0.3 is 9.84 Å². The van der Waals surface area contributed by atoms with Gasteiger partial charge in [0.15, 0.2) is 0 Å². The lowest BCUT2D eigenvalue weighted by molar-refractivity contribution is -0.137. The van der Waals surface area contributed by atoms with Crippen molar-refractivity contribution >= 4 is 5.57 Å². The third-order valence-electron chi connectivity index (χ3n) is 3.23. The van der Waals surface area contributed by atoms with E-state index >= 15 is 0 Å². The zero-order valence-corrected chi connectivity index (χ0v) is 12.4. The average molecular weight is 322 g/mol. The van der Waals surface area contributed by atoms with Crippen molar-refractivity contribution < 1.29 is 23.0 Å². The highest BCUT2D eigenvalue weighted by atomic mass is 19.4. The number of hydrogen-bond donors (Lipinski definition) is 1. The molecule has 2 aromatic carbocycles. The summed E-state index contributed by atoms with van der Waals surface area (Å²) in [5, 5.41) is 8.72. The molecule has 23 heavy (non-hydrogen) atoms. The van der Waals surface area contributed by atoms with E-state index in [1.165, 1.54) is 6.07 Å². The fraction of sp³-hybridized carbons (Fsp3) is 0.222. The molecular weight excluding hydrogens is 305 g/mol. The molecule has 2 rings (SSSR count). The maximum atomic E-state index is 12.9. The Hall–Kier alpha value is -2.11. The molecule has 0 heterocycles. The van der Waals surface area contributed by atoms with Gasteiger partial charge in [0.2, 0.25) is 0 Å². The first-order valence-electron chi connectivity index (χ1n) is 7.14. The molecule has 122 valence electrons. The number of hydrogen-bond acceptors (Lipinski definition) is 2. The van der Waals surface area contributed by atoms with Gasteiger partial charge in [-0.25, -0.2) is 0 Å². The number of benzene rings is 2. The van der Waals surface area contributed by atoms with Gasteiger partial charge in [-0.05, 0) is 28.8 Å². The van der Waals surface area contributed by atoms with Crippen LogP contribution in [0.4, 0.5) is 13.2 Å². The number of alkyl halides is 3. The molecule has 1 N–H and O–H groups in total. The predicted molar refractivity (Wildman–Crippen MR) is 82.9 cm³/mol. The Balaban J connectivity index is 2.38. The summed E-state index contributed by atoms with van der Waals surface area (Å²) in [7, 11) is 0. The Morgan fingerprint density at radius 1 is 1.00 bits per heavy atom. The van der Waals surface area contributed by atoms with Crippen LogP contribution in [0.2, 0.25) is 0 Å². The lowest BCUT2D eigenvalue weighted by Gasteiger charge is -2.12. The van der Waals surface area contributed by atoms with E-state index < -0.39 is 11.7 Å². The Labute approximate surface area is 132 Å². The van der Waals surface area contributed by atoms with Gasteiger partial charge in [0, 0.05) is 0 Å². The van der Waals surface area contributed by atoms with Gasteiger partial charge in [-0.15, -0.1) is 0 Å². The summed E-state index contributed by atoms with van der Waals surface area (Å²) >= 11 is 0. The largest absolute Gasteiger partial charge is 0.416 e. The summed E-state index contributed by atoms with van der Waals surface area (Å²) in [5.74, 6) is 0. The van der Waals surface area contributed by atoms with Crippen molar-refractivity contribution in [3.63, 3.8) is 0 Å². The van der Waals surface area contributed by atoms with Gasteiger partial charge >= 0.3 is 6.18 Å². The number of halogens is 3. The Morgan fingerprint density at radius 3 is 2.35 bits per heavy atom. The molecule has 0 spiro atoms. The standard InChI is InChI=1S/C18H17F3O2/c19-18(20,21)16-8-4-7-15(13-16)17(9-11-23-12-10-22)14-5-2-1-3-6-14/h1-9,13,22H,10-12H2/b17-9+. The maximum absolute atomic E-state index is 12.9. The second kappa shape index (κ2) is 7.94. The molecule has 0 atom stereocenters. The first-order chi connectivity index (χ1) is 11.0. The molecule has 0 radical (unpaired) electrons. The van der Waals surface area contributed by atoms with Crippen LogP contribution < -0.4 is 0 Å². The number of ether oxygens (including phenoxy) is 1.